The van der Waals surface area contributed by atoms with E-state index in [0.717, 1.165) is 31.2 Å². The number of carbonyl (C=O) groups is 2. The summed E-state index contributed by atoms with van der Waals surface area (Å²) in [6.07, 6.45) is 7.20. The predicted octanol–water partition coefficient (Wildman–Crippen LogP) is 4.31. The SMILES string of the molecule is CC(C)(C)OC(=O)N1CCc2ccccc2[C@@H]1CN(C=O)C1CCCCC1. The number of ether oxygens (including phenoxy) is 1. The van der Waals surface area contributed by atoms with Gasteiger partial charge in [0, 0.05) is 19.1 Å². The second-order valence-corrected chi connectivity index (χ2v) is 8.73. The van der Waals surface area contributed by atoms with Crippen LogP contribution in [0.5, 0.6) is 0 Å². The van der Waals surface area contributed by atoms with Crippen LogP contribution in [-0.4, -0.2) is 47.0 Å². The van der Waals surface area contributed by atoms with E-state index in [4.69, 9.17) is 4.74 Å². The van der Waals surface area contributed by atoms with Gasteiger partial charge in [0.05, 0.1) is 6.04 Å². The second kappa shape index (κ2) is 8.32. The fourth-order valence-electron chi connectivity index (χ4n) is 4.28. The molecule has 0 radical (unpaired) electrons. The number of amides is 2. The van der Waals surface area contributed by atoms with Crippen LogP contribution < -0.4 is 0 Å². The first kappa shape index (κ1) is 19.7. The minimum absolute atomic E-state index is 0.156. The highest BCUT2D eigenvalue weighted by molar-refractivity contribution is 5.69. The van der Waals surface area contributed by atoms with Crippen LogP contribution >= 0.6 is 0 Å². The van der Waals surface area contributed by atoms with Gasteiger partial charge in [-0.15, -0.1) is 0 Å². The molecule has 1 saturated carbocycles. The smallest absolute Gasteiger partial charge is 0.410 e. The number of fused-ring (bicyclic) bond motifs is 1. The van der Waals surface area contributed by atoms with Crippen LogP contribution in [0.1, 0.15) is 70.0 Å². The molecule has 0 saturated heterocycles. The van der Waals surface area contributed by atoms with Gasteiger partial charge < -0.3 is 9.64 Å². The zero-order valence-electron chi connectivity index (χ0n) is 16.8. The lowest BCUT2D eigenvalue weighted by atomic mass is 9.90. The largest absolute Gasteiger partial charge is 0.444 e. The highest BCUT2D eigenvalue weighted by Crippen LogP contribution is 2.33. The summed E-state index contributed by atoms with van der Waals surface area (Å²) < 4.78 is 5.66. The fourth-order valence-corrected chi connectivity index (χ4v) is 4.28. The monoisotopic (exact) mass is 372 g/mol. The van der Waals surface area contributed by atoms with E-state index in [9.17, 15) is 9.59 Å². The molecule has 1 aromatic carbocycles. The molecule has 0 aromatic heterocycles. The molecule has 0 N–H and O–H groups in total. The number of nitrogens with zero attached hydrogens (tertiary/aromatic N) is 2. The van der Waals surface area contributed by atoms with E-state index in [2.05, 4.69) is 12.1 Å². The Hall–Kier alpha value is -2.04. The average Bonchev–Trinajstić information content (AvgIpc) is 2.65. The molecule has 0 bridgehead atoms. The first-order chi connectivity index (χ1) is 12.9. The Bertz CT molecular complexity index is 662. The molecule has 0 unspecified atom stereocenters. The van der Waals surface area contributed by atoms with Crippen molar-refractivity contribution in [1.82, 2.24) is 9.80 Å². The Kier molecular flexibility index (Phi) is 6.08. The molecule has 1 heterocycles. The van der Waals surface area contributed by atoms with Crippen LogP contribution in [-0.2, 0) is 16.0 Å². The Labute approximate surface area is 162 Å². The molecule has 0 spiro atoms. The first-order valence-corrected chi connectivity index (χ1v) is 10.2. The van der Waals surface area contributed by atoms with Crippen molar-refractivity contribution in [1.29, 1.82) is 0 Å². The van der Waals surface area contributed by atoms with Crippen LogP contribution in [0.25, 0.3) is 0 Å². The Morgan fingerprint density at radius 2 is 1.93 bits per heavy atom. The molecule has 1 fully saturated rings. The van der Waals surface area contributed by atoms with E-state index in [1.54, 1.807) is 0 Å². The molecule has 5 nitrogen and oxygen atoms in total. The minimum Gasteiger partial charge on any atom is -0.444 e. The zero-order valence-corrected chi connectivity index (χ0v) is 16.8. The molecular formula is C22H32N2O3. The summed E-state index contributed by atoms with van der Waals surface area (Å²) in [5.74, 6) is 0. The summed E-state index contributed by atoms with van der Waals surface area (Å²) in [7, 11) is 0. The Balaban J connectivity index is 1.85. The molecule has 2 amide bonds. The molecule has 2 aliphatic rings. The quantitative estimate of drug-likeness (QED) is 0.740. The topological polar surface area (TPSA) is 49.9 Å². The molecule has 1 atom stereocenters. The van der Waals surface area contributed by atoms with Gasteiger partial charge in [-0.2, -0.15) is 0 Å². The summed E-state index contributed by atoms with van der Waals surface area (Å²) in [6, 6.07) is 8.39. The number of benzene rings is 1. The Morgan fingerprint density at radius 3 is 2.59 bits per heavy atom. The highest BCUT2D eigenvalue weighted by Gasteiger charge is 2.35. The number of hydrogen-bond donors (Lipinski definition) is 0. The minimum atomic E-state index is -0.535. The van der Waals surface area contributed by atoms with E-state index in [1.807, 2.05) is 42.7 Å². The lowest BCUT2D eigenvalue weighted by Gasteiger charge is -2.41. The lowest BCUT2D eigenvalue weighted by Crippen LogP contribution is -2.48. The molecule has 27 heavy (non-hydrogen) atoms. The van der Waals surface area contributed by atoms with Gasteiger partial charge in [0.15, 0.2) is 0 Å². The van der Waals surface area contributed by atoms with Gasteiger partial charge in [-0.25, -0.2) is 4.79 Å². The van der Waals surface area contributed by atoms with Gasteiger partial charge in [-0.1, -0.05) is 43.5 Å². The Morgan fingerprint density at radius 1 is 1.22 bits per heavy atom. The standard InChI is InChI=1S/C22H32N2O3/c1-22(2,3)27-21(26)24-14-13-17-9-7-8-12-19(17)20(24)15-23(16-25)18-10-5-4-6-11-18/h7-9,12,16,18,20H,4-6,10-11,13-15H2,1-3H3/t20-/m0/s1. The number of carbonyl (C=O) groups excluding carboxylic acids is 2. The maximum Gasteiger partial charge on any atom is 0.410 e. The van der Waals surface area contributed by atoms with Gasteiger partial charge >= 0.3 is 6.09 Å². The van der Waals surface area contributed by atoms with Crippen LogP contribution in [0.15, 0.2) is 24.3 Å². The van der Waals surface area contributed by atoms with Crippen LogP contribution in [0.3, 0.4) is 0 Å². The molecule has 5 heteroatoms. The van der Waals surface area contributed by atoms with Crippen molar-refractivity contribution in [3.8, 4) is 0 Å². The fraction of sp³-hybridized carbons (Fsp3) is 0.636. The summed E-state index contributed by atoms with van der Waals surface area (Å²) in [5, 5.41) is 0. The average molecular weight is 373 g/mol. The van der Waals surface area contributed by atoms with E-state index in [0.29, 0.717) is 13.1 Å². The van der Waals surface area contributed by atoms with Crippen molar-refractivity contribution in [2.24, 2.45) is 0 Å². The zero-order chi connectivity index (χ0) is 19.4. The van der Waals surface area contributed by atoms with Crippen LogP contribution in [0.4, 0.5) is 4.79 Å². The van der Waals surface area contributed by atoms with Gasteiger partial charge in [0.25, 0.3) is 0 Å². The predicted molar refractivity (Wildman–Crippen MR) is 105 cm³/mol. The molecular weight excluding hydrogens is 340 g/mol. The van der Waals surface area contributed by atoms with E-state index in [-0.39, 0.29) is 18.2 Å². The first-order valence-electron chi connectivity index (χ1n) is 10.2. The van der Waals surface area contributed by atoms with Crippen molar-refractivity contribution in [2.75, 3.05) is 13.1 Å². The van der Waals surface area contributed by atoms with Crippen LogP contribution in [0, 0.1) is 0 Å². The maximum atomic E-state index is 12.9. The highest BCUT2D eigenvalue weighted by atomic mass is 16.6. The number of hydrogen-bond acceptors (Lipinski definition) is 3. The second-order valence-electron chi connectivity index (χ2n) is 8.73. The summed E-state index contributed by atoms with van der Waals surface area (Å²) in [5.41, 5.74) is 1.86. The normalized spacial score (nSPS) is 20.7. The van der Waals surface area contributed by atoms with E-state index < -0.39 is 5.60 Å². The molecule has 3 rings (SSSR count). The van der Waals surface area contributed by atoms with Crippen molar-refractivity contribution < 1.29 is 14.3 Å². The summed E-state index contributed by atoms with van der Waals surface area (Å²) >= 11 is 0. The lowest BCUT2D eigenvalue weighted by molar-refractivity contribution is -0.122. The third kappa shape index (κ3) is 4.82. The van der Waals surface area contributed by atoms with Crippen molar-refractivity contribution in [2.45, 2.75) is 77.0 Å². The van der Waals surface area contributed by atoms with Crippen molar-refractivity contribution >= 4 is 12.5 Å². The van der Waals surface area contributed by atoms with Gasteiger partial charge in [-0.05, 0) is 51.2 Å². The number of rotatable bonds is 4. The molecule has 1 aliphatic heterocycles. The van der Waals surface area contributed by atoms with Gasteiger partial charge in [0.1, 0.15) is 5.60 Å². The third-order valence-corrected chi connectivity index (χ3v) is 5.60. The van der Waals surface area contributed by atoms with Gasteiger partial charge in [-0.3, -0.25) is 9.69 Å². The van der Waals surface area contributed by atoms with Gasteiger partial charge in [0.2, 0.25) is 6.41 Å². The summed E-state index contributed by atoms with van der Waals surface area (Å²) in [4.78, 5) is 28.5. The van der Waals surface area contributed by atoms with E-state index in [1.165, 1.54) is 24.8 Å². The van der Waals surface area contributed by atoms with Crippen LogP contribution in [0.2, 0.25) is 0 Å². The van der Waals surface area contributed by atoms with Crippen molar-refractivity contribution in [3.63, 3.8) is 0 Å². The maximum absolute atomic E-state index is 12.9. The third-order valence-electron chi connectivity index (χ3n) is 5.60. The molecule has 1 aliphatic carbocycles. The van der Waals surface area contributed by atoms with E-state index >= 15 is 0 Å². The van der Waals surface area contributed by atoms with Crippen molar-refractivity contribution in [3.05, 3.63) is 35.4 Å². The molecule has 1 aromatic rings. The molecule has 148 valence electrons. The summed E-state index contributed by atoms with van der Waals surface area (Å²) in [6.45, 7) is 6.81.